The molecule has 0 aliphatic heterocycles. The van der Waals surface area contributed by atoms with Gasteiger partial charge < -0.3 is 20.1 Å². The van der Waals surface area contributed by atoms with Crippen molar-refractivity contribution in [3.8, 4) is 11.6 Å². The van der Waals surface area contributed by atoms with Crippen molar-refractivity contribution in [3.63, 3.8) is 0 Å². The van der Waals surface area contributed by atoms with Crippen LogP contribution in [-0.2, 0) is 13.0 Å². The first kappa shape index (κ1) is 19.6. The van der Waals surface area contributed by atoms with Gasteiger partial charge in [-0.3, -0.25) is 4.99 Å². The van der Waals surface area contributed by atoms with Crippen LogP contribution in [0.25, 0.3) is 0 Å². The van der Waals surface area contributed by atoms with E-state index in [0.29, 0.717) is 19.0 Å². The fourth-order valence-electron chi connectivity index (χ4n) is 2.40. The van der Waals surface area contributed by atoms with Crippen LogP contribution in [0.3, 0.4) is 0 Å². The Morgan fingerprint density at radius 3 is 2.65 bits per heavy atom. The minimum atomic E-state index is 0.606. The first-order valence-electron chi connectivity index (χ1n) is 8.91. The maximum atomic E-state index is 5.69. The van der Waals surface area contributed by atoms with E-state index >= 15 is 0 Å². The molecule has 140 valence electrons. The van der Waals surface area contributed by atoms with Crippen molar-refractivity contribution in [1.29, 1.82) is 0 Å². The molecule has 2 aromatic rings. The molecule has 0 amide bonds. The molecule has 2 rings (SSSR count). The second-order valence-corrected chi connectivity index (χ2v) is 5.77. The molecule has 26 heavy (non-hydrogen) atoms. The van der Waals surface area contributed by atoms with E-state index in [1.165, 1.54) is 5.56 Å². The lowest BCUT2D eigenvalue weighted by molar-refractivity contribution is 0.301. The highest BCUT2D eigenvalue weighted by molar-refractivity contribution is 5.79. The van der Waals surface area contributed by atoms with Gasteiger partial charge in [-0.1, -0.05) is 25.1 Å². The van der Waals surface area contributed by atoms with E-state index in [1.54, 1.807) is 20.4 Å². The van der Waals surface area contributed by atoms with Crippen LogP contribution in [0.15, 0.2) is 47.6 Å². The van der Waals surface area contributed by atoms with Gasteiger partial charge in [0.05, 0.1) is 13.7 Å². The predicted molar refractivity (Wildman–Crippen MR) is 105 cm³/mol. The average molecular weight is 356 g/mol. The van der Waals surface area contributed by atoms with E-state index in [1.807, 2.05) is 24.3 Å². The van der Waals surface area contributed by atoms with Gasteiger partial charge in [0.1, 0.15) is 5.75 Å². The van der Waals surface area contributed by atoms with Gasteiger partial charge in [0.25, 0.3) is 0 Å². The lowest BCUT2D eigenvalue weighted by atomic mass is 10.1. The summed E-state index contributed by atoms with van der Waals surface area (Å²) in [6, 6.07) is 12.0. The third-order valence-corrected chi connectivity index (χ3v) is 3.83. The van der Waals surface area contributed by atoms with Crippen LogP contribution in [-0.4, -0.2) is 38.3 Å². The number of methoxy groups -OCH3 is 1. The number of aromatic nitrogens is 1. The Kier molecular flexibility index (Phi) is 8.26. The summed E-state index contributed by atoms with van der Waals surface area (Å²) in [6.07, 6.45) is 3.61. The largest absolute Gasteiger partial charge is 0.497 e. The van der Waals surface area contributed by atoms with E-state index in [2.05, 4.69) is 39.7 Å². The van der Waals surface area contributed by atoms with Crippen molar-refractivity contribution in [1.82, 2.24) is 15.6 Å². The minimum absolute atomic E-state index is 0.606. The molecule has 0 saturated carbocycles. The van der Waals surface area contributed by atoms with Gasteiger partial charge in [-0.05, 0) is 36.6 Å². The van der Waals surface area contributed by atoms with Gasteiger partial charge >= 0.3 is 0 Å². The number of hydrogen-bond donors (Lipinski definition) is 2. The van der Waals surface area contributed by atoms with Gasteiger partial charge in [-0.2, -0.15) is 0 Å². The Morgan fingerprint density at radius 2 is 1.96 bits per heavy atom. The maximum Gasteiger partial charge on any atom is 0.218 e. The quantitative estimate of drug-likeness (QED) is 0.534. The minimum Gasteiger partial charge on any atom is -0.497 e. The number of nitrogens with zero attached hydrogens (tertiary/aromatic N) is 2. The fraction of sp³-hybridized carbons (Fsp3) is 0.400. The zero-order chi connectivity index (χ0) is 18.6. The Hall–Kier alpha value is -2.76. The number of aliphatic imine (C=N–C) groups is 1. The van der Waals surface area contributed by atoms with Gasteiger partial charge in [-0.25, -0.2) is 4.98 Å². The molecule has 2 N–H and O–H groups in total. The number of benzene rings is 1. The standard InChI is InChI=1S/C20H28N4O2/c1-4-14-26-19-17(6-5-12-22-19)15-24-20(21-2)23-13-11-16-7-9-18(25-3)10-8-16/h5-10,12H,4,11,13-15H2,1-3H3,(H2,21,23,24). The summed E-state index contributed by atoms with van der Waals surface area (Å²) in [7, 11) is 3.44. The van der Waals surface area contributed by atoms with Crippen molar-refractivity contribution in [3.05, 3.63) is 53.7 Å². The summed E-state index contributed by atoms with van der Waals surface area (Å²) in [5.74, 6) is 2.30. The molecule has 1 heterocycles. The van der Waals surface area contributed by atoms with Gasteiger partial charge in [0, 0.05) is 31.9 Å². The predicted octanol–water partition coefficient (Wildman–Crippen LogP) is 2.79. The van der Waals surface area contributed by atoms with E-state index in [4.69, 9.17) is 9.47 Å². The smallest absolute Gasteiger partial charge is 0.218 e. The second-order valence-electron chi connectivity index (χ2n) is 5.77. The lowest BCUT2D eigenvalue weighted by Gasteiger charge is -2.14. The summed E-state index contributed by atoms with van der Waals surface area (Å²) in [5, 5.41) is 6.63. The van der Waals surface area contributed by atoms with Crippen molar-refractivity contribution in [2.75, 3.05) is 27.3 Å². The molecule has 0 unspecified atom stereocenters. The number of ether oxygens (including phenoxy) is 2. The second kappa shape index (κ2) is 11.0. The van der Waals surface area contributed by atoms with Crippen molar-refractivity contribution in [2.24, 2.45) is 4.99 Å². The van der Waals surface area contributed by atoms with Crippen LogP contribution in [0.5, 0.6) is 11.6 Å². The average Bonchev–Trinajstić information content (AvgIpc) is 2.70. The monoisotopic (exact) mass is 356 g/mol. The summed E-state index contributed by atoms with van der Waals surface area (Å²) >= 11 is 0. The molecule has 0 saturated heterocycles. The molecule has 0 atom stereocenters. The van der Waals surface area contributed by atoms with E-state index in [-0.39, 0.29) is 0 Å². The molecule has 6 heteroatoms. The SMILES string of the molecule is CCCOc1ncccc1CNC(=NC)NCCc1ccc(OC)cc1. The topological polar surface area (TPSA) is 67.8 Å². The summed E-state index contributed by atoms with van der Waals surface area (Å²) in [5.41, 5.74) is 2.26. The molecule has 0 aliphatic rings. The van der Waals surface area contributed by atoms with Crippen LogP contribution in [0.2, 0.25) is 0 Å². The molecule has 0 spiro atoms. The molecule has 0 aliphatic carbocycles. The summed E-state index contributed by atoms with van der Waals surface area (Å²) in [4.78, 5) is 8.57. The third kappa shape index (κ3) is 6.27. The van der Waals surface area contributed by atoms with Crippen LogP contribution in [0, 0.1) is 0 Å². The van der Waals surface area contributed by atoms with Crippen molar-refractivity contribution >= 4 is 5.96 Å². The molecule has 1 aromatic heterocycles. The molecule has 0 fully saturated rings. The fourth-order valence-corrected chi connectivity index (χ4v) is 2.40. The Bertz CT molecular complexity index is 686. The van der Waals surface area contributed by atoms with Crippen LogP contribution < -0.4 is 20.1 Å². The Balaban J connectivity index is 1.80. The number of rotatable bonds is 9. The highest BCUT2D eigenvalue weighted by atomic mass is 16.5. The maximum absolute atomic E-state index is 5.69. The van der Waals surface area contributed by atoms with Gasteiger partial charge in [0.2, 0.25) is 5.88 Å². The van der Waals surface area contributed by atoms with Crippen LogP contribution in [0.4, 0.5) is 0 Å². The number of hydrogen-bond acceptors (Lipinski definition) is 4. The lowest BCUT2D eigenvalue weighted by Crippen LogP contribution is -2.38. The molecule has 1 aromatic carbocycles. The first-order valence-corrected chi connectivity index (χ1v) is 8.91. The number of nitrogens with one attached hydrogen (secondary N) is 2. The first-order chi connectivity index (χ1) is 12.8. The number of guanidine groups is 1. The zero-order valence-corrected chi connectivity index (χ0v) is 15.8. The highest BCUT2D eigenvalue weighted by Crippen LogP contribution is 2.14. The summed E-state index contributed by atoms with van der Waals surface area (Å²) in [6.45, 7) is 4.14. The van der Waals surface area contributed by atoms with Crippen LogP contribution >= 0.6 is 0 Å². The summed E-state index contributed by atoms with van der Waals surface area (Å²) < 4.78 is 10.9. The normalized spacial score (nSPS) is 11.1. The van der Waals surface area contributed by atoms with Crippen molar-refractivity contribution < 1.29 is 9.47 Å². The molecule has 0 radical (unpaired) electrons. The van der Waals surface area contributed by atoms with Gasteiger partial charge in [0.15, 0.2) is 5.96 Å². The molecule has 0 bridgehead atoms. The Labute approximate surface area is 155 Å². The molecular weight excluding hydrogens is 328 g/mol. The Morgan fingerprint density at radius 1 is 1.15 bits per heavy atom. The third-order valence-electron chi connectivity index (χ3n) is 3.83. The highest BCUT2D eigenvalue weighted by Gasteiger charge is 2.05. The number of pyridine rings is 1. The molecule has 6 nitrogen and oxygen atoms in total. The van der Waals surface area contributed by atoms with E-state index < -0.39 is 0 Å². The zero-order valence-electron chi connectivity index (χ0n) is 15.8. The van der Waals surface area contributed by atoms with E-state index in [9.17, 15) is 0 Å². The van der Waals surface area contributed by atoms with Crippen molar-refractivity contribution in [2.45, 2.75) is 26.3 Å². The van der Waals surface area contributed by atoms with Crippen LogP contribution in [0.1, 0.15) is 24.5 Å². The van der Waals surface area contributed by atoms with E-state index in [0.717, 1.165) is 36.7 Å². The van der Waals surface area contributed by atoms with Gasteiger partial charge in [-0.15, -0.1) is 0 Å². The molecular formula is C20H28N4O2.